The SMILES string of the molecule is N#Cc1cnc2ccc([NH+]([O-])O)cc2c1Nc1ccc2[nH]ccc2c1. The van der Waals surface area contributed by atoms with E-state index in [0.29, 0.717) is 22.2 Å². The van der Waals surface area contributed by atoms with Crippen molar-refractivity contribution in [1.29, 1.82) is 5.26 Å². The van der Waals surface area contributed by atoms with Crippen molar-refractivity contribution in [1.82, 2.24) is 9.97 Å². The molecule has 0 fully saturated rings. The molecule has 7 heteroatoms. The molecule has 4 N–H and O–H groups in total. The lowest BCUT2D eigenvalue weighted by Crippen LogP contribution is -2.99. The third kappa shape index (κ3) is 2.66. The van der Waals surface area contributed by atoms with Gasteiger partial charge >= 0.3 is 0 Å². The maximum absolute atomic E-state index is 11.3. The lowest BCUT2D eigenvalue weighted by atomic mass is 10.1. The first-order valence-electron chi connectivity index (χ1n) is 7.56. The smallest absolute Gasteiger partial charge is 0.164 e. The minimum Gasteiger partial charge on any atom is -0.595 e. The van der Waals surface area contributed by atoms with E-state index in [0.717, 1.165) is 16.6 Å². The Balaban J connectivity index is 1.88. The van der Waals surface area contributed by atoms with E-state index in [1.165, 1.54) is 18.3 Å². The van der Waals surface area contributed by atoms with E-state index in [2.05, 4.69) is 21.4 Å². The van der Waals surface area contributed by atoms with Crippen molar-refractivity contribution in [3.05, 3.63) is 65.6 Å². The molecule has 1 atom stereocenters. The number of quaternary nitrogens is 1. The zero-order chi connectivity index (χ0) is 17.4. The standard InChI is InChI=1S/C18H13N5O2/c19-9-12-10-21-17-4-2-14(23(24)25)8-15(17)18(12)22-13-1-3-16-11(7-13)5-6-20-16/h1-8,10,20,23-24H,(H,21,22). The number of H-pyrrole nitrogens is 1. The van der Waals surface area contributed by atoms with Crippen LogP contribution >= 0.6 is 0 Å². The quantitative estimate of drug-likeness (QED) is 0.431. The second kappa shape index (κ2) is 5.89. The van der Waals surface area contributed by atoms with E-state index in [1.54, 1.807) is 6.07 Å². The van der Waals surface area contributed by atoms with E-state index in [-0.39, 0.29) is 5.69 Å². The molecule has 0 bridgehead atoms. The Labute approximate surface area is 142 Å². The molecule has 4 rings (SSSR count). The summed E-state index contributed by atoms with van der Waals surface area (Å²) in [5, 5.41) is 33.8. The minimum atomic E-state index is -1.02. The predicted molar refractivity (Wildman–Crippen MR) is 93.8 cm³/mol. The van der Waals surface area contributed by atoms with Crippen LogP contribution in [0.15, 0.2) is 54.9 Å². The lowest BCUT2D eigenvalue weighted by molar-refractivity contribution is -0.991. The zero-order valence-corrected chi connectivity index (χ0v) is 12.9. The summed E-state index contributed by atoms with van der Waals surface area (Å²) in [7, 11) is 0. The van der Waals surface area contributed by atoms with E-state index < -0.39 is 5.23 Å². The molecule has 2 aromatic heterocycles. The predicted octanol–water partition coefficient (Wildman–Crippen LogP) is 2.73. The first-order valence-corrected chi connectivity index (χ1v) is 7.56. The maximum Gasteiger partial charge on any atom is 0.164 e. The summed E-state index contributed by atoms with van der Waals surface area (Å²) < 4.78 is 0. The van der Waals surface area contributed by atoms with Gasteiger partial charge in [0, 0.05) is 46.5 Å². The third-order valence-electron chi connectivity index (χ3n) is 4.06. The Bertz CT molecular complexity index is 1130. The van der Waals surface area contributed by atoms with E-state index >= 15 is 0 Å². The monoisotopic (exact) mass is 331 g/mol. The highest BCUT2D eigenvalue weighted by atomic mass is 16.8. The Morgan fingerprint density at radius 3 is 2.88 bits per heavy atom. The van der Waals surface area contributed by atoms with Crippen LogP contribution in [0.1, 0.15) is 5.56 Å². The molecule has 2 heterocycles. The van der Waals surface area contributed by atoms with Gasteiger partial charge in [-0.15, -0.1) is 0 Å². The summed E-state index contributed by atoms with van der Waals surface area (Å²) in [5.74, 6) is 0. The van der Waals surface area contributed by atoms with Crippen LogP contribution < -0.4 is 10.5 Å². The summed E-state index contributed by atoms with van der Waals surface area (Å²) in [6.45, 7) is 0. The molecule has 0 aliphatic rings. The van der Waals surface area contributed by atoms with Crippen molar-refractivity contribution in [2.45, 2.75) is 0 Å². The van der Waals surface area contributed by atoms with Gasteiger partial charge in [-0.05, 0) is 30.3 Å². The summed E-state index contributed by atoms with van der Waals surface area (Å²) >= 11 is 0. The number of nitriles is 1. The number of hydrogen-bond donors (Lipinski definition) is 4. The summed E-state index contributed by atoms with van der Waals surface area (Å²) in [6, 6.07) is 14.5. The van der Waals surface area contributed by atoms with E-state index in [9.17, 15) is 15.7 Å². The number of rotatable bonds is 3. The van der Waals surface area contributed by atoms with Crippen LogP contribution in [0.25, 0.3) is 21.8 Å². The molecule has 1 unspecified atom stereocenters. The van der Waals surface area contributed by atoms with Gasteiger partial charge in [0.25, 0.3) is 0 Å². The molecule has 0 saturated carbocycles. The fraction of sp³-hybridized carbons (Fsp3) is 0. The second-order valence-electron chi connectivity index (χ2n) is 5.60. The topological polar surface area (TPSA) is 112 Å². The second-order valence-corrected chi connectivity index (χ2v) is 5.60. The van der Waals surface area contributed by atoms with Crippen LogP contribution in [-0.2, 0) is 0 Å². The number of nitrogens with one attached hydrogen (secondary N) is 3. The largest absolute Gasteiger partial charge is 0.595 e. The van der Waals surface area contributed by atoms with Gasteiger partial charge in [0.1, 0.15) is 6.07 Å². The van der Waals surface area contributed by atoms with Crippen molar-refractivity contribution < 1.29 is 10.4 Å². The van der Waals surface area contributed by atoms with Crippen molar-refractivity contribution in [3.8, 4) is 6.07 Å². The summed E-state index contributed by atoms with van der Waals surface area (Å²) in [6.07, 6.45) is 3.34. The molecule has 2 aromatic carbocycles. The summed E-state index contributed by atoms with van der Waals surface area (Å²) in [5.41, 5.74) is 3.48. The number of aromatic nitrogens is 2. The molecule has 25 heavy (non-hydrogen) atoms. The third-order valence-corrected chi connectivity index (χ3v) is 4.06. The molecule has 122 valence electrons. The first kappa shape index (κ1) is 15.1. The van der Waals surface area contributed by atoms with Crippen molar-refractivity contribution in [3.63, 3.8) is 0 Å². The van der Waals surface area contributed by atoms with Crippen LogP contribution in [0.3, 0.4) is 0 Å². The van der Waals surface area contributed by atoms with Gasteiger partial charge in [-0.2, -0.15) is 10.5 Å². The molecular weight excluding hydrogens is 318 g/mol. The maximum atomic E-state index is 11.3. The molecular formula is C18H13N5O2. The highest BCUT2D eigenvalue weighted by molar-refractivity contribution is 5.97. The van der Waals surface area contributed by atoms with Crippen LogP contribution in [0, 0.1) is 16.5 Å². The van der Waals surface area contributed by atoms with Gasteiger partial charge in [0.05, 0.1) is 16.8 Å². The molecule has 4 aromatic rings. The average molecular weight is 331 g/mol. The zero-order valence-electron chi connectivity index (χ0n) is 12.9. The van der Waals surface area contributed by atoms with Gasteiger partial charge in [-0.3, -0.25) is 4.98 Å². The normalized spacial score (nSPS) is 12.2. The highest BCUT2D eigenvalue weighted by Crippen LogP contribution is 2.31. The molecule has 0 aliphatic heterocycles. The molecule has 0 amide bonds. The van der Waals surface area contributed by atoms with Crippen molar-refractivity contribution in [2.24, 2.45) is 0 Å². The number of anilines is 2. The highest BCUT2D eigenvalue weighted by Gasteiger charge is 2.12. The first-order chi connectivity index (χ1) is 12.2. The van der Waals surface area contributed by atoms with Gasteiger partial charge in [-0.1, -0.05) is 0 Å². The fourth-order valence-electron chi connectivity index (χ4n) is 2.82. The van der Waals surface area contributed by atoms with Crippen LogP contribution in [0.5, 0.6) is 0 Å². The van der Waals surface area contributed by atoms with Gasteiger partial charge in [-0.25, -0.2) is 5.21 Å². The Morgan fingerprint density at radius 2 is 2.08 bits per heavy atom. The van der Waals surface area contributed by atoms with Crippen molar-refractivity contribution in [2.75, 3.05) is 5.32 Å². The molecule has 7 nitrogen and oxygen atoms in total. The molecule has 0 aliphatic carbocycles. The molecule has 0 saturated heterocycles. The van der Waals surface area contributed by atoms with Crippen LogP contribution in [0.2, 0.25) is 0 Å². The van der Waals surface area contributed by atoms with Gasteiger partial charge in [0.15, 0.2) is 5.69 Å². The number of nitrogens with zero attached hydrogens (tertiary/aromatic N) is 2. The Hall–Kier alpha value is -3.44. The molecule has 0 radical (unpaired) electrons. The lowest BCUT2D eigenvalue weighted by Gasteiger charge is -2.15. The van der Waals surface area contributed by atoms with Crippen LogP contribution in [-0.4, -0.2) is 15.2 Å². The van der Waals surface area contributed by atoms with E-state index in [4.69, 9.17) is 0 Å². The number of aromatic amines is 1. The number of pyridine rings is 1. The Morgan fingerprint density at radius 1 is 1.20 bits per heavy atom. The van der Waals surface area contributed by atoms with Gasteiger partial charge in [0.2, 0.25) is 0 Å². The van der Waals surface area contributed by atoms with Crippen LogP contribution in [0.4, 0.5) is 17.1 Å². The average Bonchev–Trinajstić information content (AvgIpc) is 3.09. The van der Waals surface area contributed by atoms with E-state index in [1.807, 2.05) is 30.5 Å². The number of hydrogen-bond acceptors (Lipinski definition) is 5. The van der Waals surface area contributed by atoms with Gasteiger partial charge < -0.3 is 15.5 Å². The Kier molecular flexibility index (Phi) is 3.56. The molecule has 0 spiro atoms. The summed E-state index contributed by atoms with van der Waals surface area (Å²) in [4.78, 5) is 7.36. The minimum absolute atomic E-state index is 0.147. The van der Waals surface area contributed by atoms with Crippen molar-refractivity contribution >= 4 is 38.9 Å². The number of benzene rings is 2. The number of fused-ring (bicyclic) bond motifs is 2. The fourth-order valence-corrected chi connectivity index (χ4v) is 2.82.